The monoisotopic (exact) mass is 292 g/mol. The second-order valence-corrected chi connectivity index (χ2v) is 6.96. The van der Waals surface area contributed by atoms with E-state index in [-0.39, 0.29) is 23.9 Å². The molecule has 2 amide bonds. The highest BCUT2D eigenvalue weighted by atomic mass is 16.2. The minimum absolute atomic E-state index is 0.159. The Morgan fingerprint density at radius 1 is 0.810 bits per heavy atom. The van der Waals surface area contributed by atoms with Crippen LogP contribution in [-0.2, 0) is 9.59 Å². The second-order valence-electron chi connectivity index (χ2n) is 6.96. The van der Waals surface area contributed by atoms with E-state index in [1.165, 1.54) is 32.1 Å². The third-order valence-electron chi connectivity index (χ3n) is 5.57. The fourth-order valence-corrected chi connectivity index (χ4v) is 4.38. The van der Waals surface area contributed by atoms with E-state index >= 15 is 0 Å². The number of carbonyl (C=O) groups is 2. The van der Waals surface area contributed by atoms with E-state index in [0.29, 0.717) is 6.04 Å². The van der Waals surface area contributed by atoms with Crippen molar-refractivity contribution in [3.8, 4) is 0 Å². The Balaban J connectivity index is 1.79. The molecule has 4 nitrogen and oxygen atoms in total. The molecule has 2 heterocycles. The molecule has 3 rings (SSSR count). The largest absolute Gasteiger partial charge is 0.329 e. The van der Waals surface area contributed by atoms with Crippen molar-refractivity contribution in [1.82, 2.24) is 9.80 Å². The minimum atomic E-state index is -0.253. The molecule has 1 aliphatic carbocycles. The summed E-state index contributed by atoms with van der Waals surface area (Å²) in [6, 6.07) is -0.120. The molecule has 0 aromatic rings. The zero-order valence-electron chi connectivity index (χ0n) is 13.2. The molecule has 3 fully saturated rings. The molecular weight excluding hydrogens is 264 g/mol. The number of hydrogen-bond donors (Lipinski definition) is 0. The number of carbonyl (C=O) groups excluding carboxylic acids is 2. The molecule has 0 aromatic heterocycles. The molecule has 2 unspecified atom stereocenters. The van der Waals surface area contributed by atoms with Crippen LogP contribution < -0.4 is 0 Å². The molecule has 4 heteroatoms. The highest BCUT2D eigenvalue weighted by molar-refractivity contribution is 5.97. The van der Waals surface area contributed by atoms with Crippen molar-refractivity contribution in [3.63, 3.8) is 0 Å². The van der Waals surface area contributed by atoms with Gasteiger partial charge in [0.1, 0.15) is 12.1 Å². The second kappa shape index (κ2) is 6.37. The lowest BCUT2D eigenvalue weighted by atomic mass is 9.90. The third-order valence-corrected chi connectivity index (χ3v) is 5.57. The zero-order chi connectivity index (χ0) is 14.8. The molecule has 0 bridgehead atoms. The molecule has 2 saturated heterocycles. The average molecular weight is 292 g/mol. The van der Waals surface area contributed by atoms with Crippen molar-refractivity contribution in [3.05, 3.63) is 0 Å². The topological polar surface area (TPSA) is 40.6 Å². The van der Waals surface area contributed by atoms with Gasteiger partial charge in [-0.25, -0.2) is 0 Å². The van der Waals surface area contributed by atoms with Gasteiger partial charge in [-0.15, -0.1) is 0 Å². The third kappa shape index (κ3) is 2.82. The van der Waals surface area contributed by atoms with Crippen LogP contribution in [-0.4, -0.2) is 46.3 Å². The Morgan fingerprint density at radius 2 is 1.43 bits per heavy atom. The summed E-state index contributed by atoms with van der Waals surface area (Å²) in [6.45, 7) is 2.71. The maximum Gasteiger partial charge on any atom is 0.246 e. The van der Waals surface area contributed by atoms with E-state index in [4.69, 9.17) is 0 Å². The van der Waals surface area contributed by atoms with Crippen LogP contribution in [0.4, 0.5) is 0 Å². The highest BCUT2D eigenvalue weighted by Crippen LogP contribution is 2.31. The first-order valence-corrected chi connectivity index (χ1v) is 8.83. The fourth-order valence-electron chi connectivity index (χ4n) is 4.38. The molecule has 3 aliphatic rings. The molecule has 0 radical (unpaired) electrons. The molecule has 1 saturated carbocycles. The predicted molar refractivity (Wildman–Crippen MR) is 81.8 cm³/mol. The zero-order valence-corrected chi connectivity index (χ0v) is 13.2. The first kappa shape index (κ1) is 14.9. The maximum atomic E-state index is 12.9. The number of fused-ring (bicyclic) bond motifs is 1. The standard InChI is InChI=1S/C17H28N2O2/c1-13-16(20)18-12-8-7-11-15(18)17(21)19(13)14-9-5-3-2-4-6-10-14/h13-15H,2-12H2,1H3. The lowest BCUT2D eigenvalue weighted by Gasteiger charge is -2.49. The van der Waals surface area contributed by atoms with Crippen LogP contribution in [0.15, 0.2) is 0 Å². The number of hydrogen-bond acceptors (Lipinski definition) is 2. The van der Waals surface area contributed by atoms with E-state index < -0.39 is 0 Å². The summed E-state index contributed by atoms with van der Waals surface area (Å²) in [5.74, 6) is 0.411. The van der Waals surface area contributed by atoms with Crippen LogP contribution in [0, 0.1) is 0 Å². The van der Waals surface area contributed by atoms with Crippen LogP contribution in [0.1, 0.15) is 71.1 Å². The number of amides is 2. The molecular formula is C17H28N2O2. The predicted octanol–water partition coefficient (Wildman–Crippen LogP) is 2.71. The Hall–Kier alpha value is -1.06. The summed E-state index contributed by atoms with van der Waals surface area (Å²) in [5, 5.41) is 0. The molecule has 0 spiro atoms. The summed E-state index contributed by atoms with van der Waals surface area (Å²) in [5.41, 5.74) is 0. The first-order valence-electron chi connectivity index (χ1n) is 8.83. The van der Waals surface area contributed by atoms with Gasteiger partial charge in [-0.05, 0) is 39.0 Å². The van der Waals surface area contributed by atoms with Crippen LogP contribution >= 0.6 is 0 Å². The summed E-state index contributed by atoms with van der Waals surface area (Å²) in [7, 11) is 0. The van der Waals surface area contributed by atoms with Crippen LogP contribution in [0.25, 0.3) is 0 Å². The van der Waals surface area contributed by atoms with Gasteiger partial charge in [0, 0.05) is 12.6 Å². The quantitative estimate of drug-likeness (QED) is 0.745. The van der Waals surface area contributed by atoms with E-state index in [9.17, 15) is 9.59 Å². The first-order chi connectivity index (χ1) is 10.2. The summed E-state index contributed by atoms with van der Waals surface area (Å²) in [6.07, 6.45) is 11.4. The van der Waals surface area contributed by atoms with Crippen molar-refractivity contribution < 1.29 is 9.59 Å². The molecule has 2 aliphatic heterocycles. The van der Waals surface area contributed by atoms with Crippen molar-refractivity contribution in [2.24, 2.45) is 0 Å². The van der Waals surface area contributed by atoms with Gasteiger partial charge in [-0.2, -0.15) is 0 Å². The number of piperazine rings is 1. The Kier molecular flexibility index (Phi) is 4.51. The smallest absolute Gasteiger partial charge is 0.246 e. The summed E-state index contributed by atoms with van der Waals surface area (Å²) in [4.78, 5) is 29.4. The lowest BCUT2D eigenvalue weighted by Crippen LogP contribution is -2.67. The summed E-state index contributed by atoms with van der Waals surface area (Å²) >= 11 is 0. The minimum Gasteiger partial charge on any atom is -0.329 e. The lowest BCUT2D eigenvalue weighted by molar-refractivity contribution is -0.166. The molecule has 2 atom stereocenters. The number of piperidine rings is 1. The molecule has 118 valence electrons. The van der Waals surface area contributed by atoms with Gasteiger partial charge >= 0.3 is 0 Å². The van der Waals surface area contributed by atoms with E-state index in [0.717, 1.165) is 38.6 Å². The Bertz CT molecular complexity index is 402. The highest BCUT2D eigenvalue weighted by Gasteiger charge is 2.46. The van der Waals surface area contributed by atoms with E-state index in [2.05, 4.69) is 0 Å². The molecule has 0 aromatic carbocycles. The van der Waals surface area contributed by atoms with Gasteiger partial charge in [-0.1, -0.05) is 32.1 Å². The van der Waals surface area contributed by atoms with Gasteiger partial charge in [0.15, 0.2) is 0 Å². The van der Waals surface area contributed by atoms with Crippen LogP contribution in [0.3, 0.4) is 0 Å². The Labute approximate surface area is 127 Å². The van der Waals surface area contributed by atoms with Crippen LogP contribution in [0.2, 0.25) is 0 Å². The van der Waals surface area contributed by atoms with Crippen molar-refractivity contribution >= 4 is 11.8 Å². The maximum absolute atomic E-state index is 12.9. The van der Waals surface area contributed by atoms with Gasteiger partial charge < -0.3 is 9.80 Å². The SMILES string of the molecule is CC1C(=O)N2CCCCC2C(=O)N1C1CCCCCCC1. The van der Waals surface area contributed by atoms with Crippen LogP contribution in [0.5, 0.6) is 0 Å². The fraction of sp³-hybridized carbons (Fsp3) is 0.882. The average Bonchev–Trinajstić information content (AvgIpc) is 2.47. The van der Waals surface area contributed by atoms with E-state index in [1.807, 2.05) is 16.7 Å². The Morgan fingerprint density at radius 3 is 2.14 bits per heavy atom. The number of rotatable bonds is 1. The summed E-state index contributed by atoms with van der Waals surface area (Å²) < 4.78 is 0. The van der Waals surface area contributed by atoms with Crippen molar-refractivity contribution in [2.75, 3.05) is 6.54 Å². The van der Waals surface area contributed by atoms with Gasteiger partial charge in [0.2, 0.25) is 11.8 Å². The van der Waals surface area contributed by atoms with Gasteiger partial charge in [-0.3, -0.25) is 9.59 Å². The normalized spacial score (nSPS) is 32.6. The van der Waals surface area contributed by atoms with E-state index in [1.54, 1.807) is 0 Å². The molecule has 21 heavy (non-hydrogen) atoms. The van der Waals surface area contributed by atoms with Gasteiger partial charge in [0.25, 0.3) is 0 Å². The molecule has 0 N–H and O–H groups in total. The number of nitrogens with zero attached hydrogens (tertiary/aromatic N) is 2. The van der Waals surface area contributed by atoms with Crippen molar-refractivity contribution in [1.29, 1.82) is 0 Å². The van der Waals surface area contributed by atoms with Crippen molar-refractivity contribution in [2.45, 2.75) is 89.3 Å². The van der Waals surface area contributed by atoms with Gasteiger partial charge in [0.05, 0.1) is 0 Å².